The quantitative estimate of drug-likeness (QED) is 0.601. The summed E-state index contributed by atoms with van der Waals surface area (Å²) in [5.74, 6) is 0.431. The van der Waals surface area contributed by atoms with E-state index in [1.54, 1.807) is 18.2 Å². The van der Waals surface area contributed by atoms with E-state index in [4.69, 9.17) is 10.5 Å². The summed E-state index contributed by atoms with van der Waals surface area (Å²) in [6.07, 6.45) is 0.255. The van der Waals surface area contributed by atoms with Crippen molar-refractivity contribution in [3.8, 4) is 11.8 Å². The fourth-order valence-electron chi connectivity index (χ4n) is 2.32. The SMILES string of the molecule is CC(C)(C#N)c1ccc(CC(=O)c2cc(Br)ccc2OCN)cc1. The molecule has 0 saturated heterocycles. The zero-order chi connectivity index (χ0) is 17.7. The van der Waals surface area contributed by atoms with Gasteiger partial charge in [0.25, 0.3) is 0 Å². The number of benzene rings is 2. The minimum atomic E-state index is -0.547. The topological polar surface area (TPSA) is 76.1 Å². The number of rotatable bonds is 6. The second-order valence-electron chi connectivity index (χ2n) is 5.99. The molecule has 0 fully saturated rings. The largest absolute Gasteiger partial charge is 0.478 e. The molecule has 5 heteroatoms. The molecule has 4 nitrogen and oxygen atoms in total. The van der Waals surface area contributed by atoms with Gasteiger partial charge in [-0.25, -0.2) is 0 Å². The highest BCUT2D eigenvalue weighted by atomic mass is 79.9. The Morgan fingerprint density at radius 3 is 2.50 bits per heavy atom. The van der Waals surface area contributed by atoms with Crippen molar-refractivity contribution >= 4 is 21.7 Å². The van der Waals surface area contributed by atoms with Crippen LogP contribution in [0.15, 0.2) is 46.9 Å². The van der Waals surface area contributed by atoms with E-state index in [0.29, 0.717) is 11.3 Å². The van der Waals surface area contributed by atoms with Gasteiger partial charge in [-0.15, -0.1) is 0 Å². The minimum Gasteiger partial charge on any atom is -0.478 e. The Balaban J connectivity index is 2.21. The van der Waals surface area contributed by atoms with Crippen LogP contribution in [-0.4, -0.2) is 12.5 Å². The third kappa shape index (κ3) is 4.22. The molecule has 2 aromatic carbocycles. The maximum absolute atomic E-state index is 12.6. The molecule has 0 atom stereocenters. The first-order valence-corrected chi connectivity index (χ1v) is 8.33. The van der Waals surface area contributed by atoms with Crippen molar-refractivity contribution in [1.29, 1.82) is 5.26 Å². The molecule has 0 aliphatic rings. The predicted molar refractivity (Wildman–Crippen MR) is 96.9 cm³/mol. The normalized spacial score (nSPS) is 11.0. The number of nitrogens with zero attached hydrogens (tertiary/aromatic N) is 1. The average Bonchev–Trinajstić information content (AvgIpc) is 2.57. The Morgan fingerprint density at radius 1 is 1.25 bits per heavy atom. The van der Waals surface area contributed by atoms with Gasteiger partial charge in [-0.3, -0.25) is 10.5 Å². The molecule has 2 N–H and O–H groups in total. The van der Waals surface area contributed by atoms with E-state index in [1.165, 1.54) is 0 Å². The Morgan fingerprint density at radius 2 is 1.92 bits per heavy atom. The number of hydrogen-bond donors (Lipinski definition) is 1. The Labute approximate surface area is 150 Å². The van der Waals surface area contributed by atoms with Crippen LogP contribution < -0.4 is 10.5 Å². The molecule has 0 aliphatic carbocycles. The molecular weight excluding hydrogens is 368 g/mol. The van der Waals surface area contributed by atoms with Crippen molar-refractivity contribution in [3.63, 3.8) is 0 Å². The standard InChI is InChI=1S/C19H19BrN2O2/c1-19(2,11-21)14-5-3-13(4-6-14)9-17(23)16-10-15(20)7-8-18(16)24-12-22/h3-8,10H,9,12,22H2,1-2H3. The zero-order valence-corrected chi connectivity index (χ0v) is 15.3. The molecule has 0 aliphatic heterocycles. The molecule has 24 heavy (non-hydrogen) atoms. The average molecular weight is 387 g/mol. The van der Waals surface area contributed by atoms with Crippen LogP contribution in [0.2, 0.25) is 0 Å². The van der Waals surface area contributed by atoms with Crippen molar-refractivity contribution in [1.82, 2.24) is 0 Å². The number of carbonyl (C=O) groups is 1. The fourth-order valence-corrected chi connectivity index (χ4v) is 2.68. The molecule has 124 valence electrons. The highest BCUT2D eigenvalue weighted by molar-refractivity contribution is 9.10. The van der Waals surface area contributed by atoms with E-state index in [-0.39, 0.29) is 18.9 Å². The first-order valence-electron chi connectivity index (χ1n) is 7.53. The summed E-state index contributed by atoms with van der Waals surface area (Å²) in [6, 6.07) is 15.1. The van der Waals surface area contributed by atoms with Crippen LogP contribution >= 0.6 is 15.9 Å². The van der Waals surface area contributed by atoms with Gasteiger partial charge < -0.3 is 4.74 Å². The van der Waals surface area contributed by atoms with Crippen LogP contribution in [0, 0.1) is 11.3 Å². The summed E-state index contributed by atoms with van der Waals surface area (Å²) in [5, 5.41) is 9.19. The van der Waals surface area contributed by atoms with Gasteiger partial charge in [0.1, 0.15) is 12.5 Å². The maximum Gasteiger partial charge on any atom is 0.170 e. The number of carbonyl (C=O) groups excluding carboxylic acids is 1. The molecule has 0 unspecified atom stereocenters. The lowest BCUT2D eigenvalue weighted by atomic mass is 9.85. The van der Waals surface area contributed by atoms with Crippen molar-refractivity contribution in [3.05, 3.63) is 63.6 Å². The number of Topliss-reactive ketones (excluding diaryl/α,β-unsaturated/α-hetero) is 1. The molecule has 0 amide bonds. The van der Waals surface area contributed by atoms with Crippen LogP contribution in [-0.2, 0) is 11.8 Å². The van der Waals surface area contributed by atoms with Gasteiger partial charge in [0.2, 0.25) is 0 Å². The van der Waals surface area contributed by atoms with E-state index in [2.05, 4.69) is 22.0 Å². The van der Waals surface area contributed by atoms with Gasteiger partial charge in [0.15, 0.2) is 5.78 Å². The van der Waals surface area contributed by atoms with Crippen LogP contribution in [0.3, 0.4) is 0 Å². The van der Waals surface area contributed by atoms with E-state index in [0.717, 1.165) is 15.6 Å². The molecule has 2 rings (SSSR count). The summed E-state index contributed by atoms with van der Waals surface area (Å²) < 4.78 is 6.14. The molecule has 0 bridgehead atoms. The highest BCUT2D eigenvalue weighted by Crippen LogP contribution is 2.26. The van der Waals surface area contributed by atoms with Gasteiger partial charge in [0.05, 0.1) is 17.0 Å². The predicted octanol–water partition coefficient (Wildman–Crippen LogP) is 3.97. The first kappa shape index (κ1) is 18.2. The Hall–Kier alpha value is -2.16. The second kappa shape index (κ2) is 7.61. The third-order valence-corrected chi connectivity index (χ3v) is 4.29. The summed E-state index contributed by atoms with van der Waals surface area (Å²) >= 11 is 3.37. The van der Waals surface area contributed by atoms with Crippen molar-refractivity contribution in [2.45, 2.75) is 25.7 Å². The number of ketones is 1. The van der Waals surface area contributed by atoms with E-state index >= 15 is 0 Å². The van der Waals surface area contributed by atoms with Crippen molar-refractivity contribution in [2.24, 2.45) is 5.73 Å². The molecule has 0 aromatic heterocycles. The Bertz CT molecular complexity index is 777. The highest BCUT2D eigenvalue weighted by Gasteiger charge is 2.20. The van der Waals surface area contributed by atoms with Crippen molar-refractivity contribution in [2.75, 3.05) is 6.73 Å². The summed E-state index contributed by atoms with van der Waals surface area (Å²) in [4.78, 5) is 12.6. The lowest BCUT2D eigenvalue weighted by Crippen LogP contribution is -2.14. The van der Waals surface area contributed by atoms with Gasteiger partial charge in [-0.2, -0.15) is 5.26 Å². The third-order valence-electron chi connectivity index (χ3n) is 3.80. The summed E-state index contributed by atoms with van der Waals surface area (Å²) in [5.41, 5.74) is 7.18. The summed E-state index contributed by atoms with van der Waals surface area (Å²) in [6.45, 7) is 3.75. The number of ether oxygens (including phenoxy) is 1. The van der Waals surface area contributed by atoms with Gasteiger partial charge >= 0.3 is 0 Å². The zero-order valence-electron chi connectivity index (χ0n) is 13.7. The van der Waals surface area contributed by atoms with E-state index in [9.17, 15) is 10.1 Å². The van der Waals surface area contributed by atoms with Crippen molar-refractivity contribution < 1.29 is 9.53 Å². The molecule has 0 saturated carbocycles. The fraction of sp³-hybridized carbons (Fsp3) is 0.263. The molecule has 0 radical (unpaired) electrons. The van der Waals surface area contributed by atoms with Crippen LogP contribution in [0.25, 0.3) is 0 Å². The van der Waals surface area contributed by atoms with Crippen LogP contribution in [0.4, 0.5) is 0 Å². The second-order valence-corrected chi connectivity index (χ2v) is 6.90. The van der Waals surface area contributed by atoms with Crippen LogP contribution in [0.1, 0.15) is 35.3 Å². The van der Waals surface area contributed by atoms with E-state index < -0.39 is 5.41 Å². The number of hydrogen-bond acceptors (Lipinski definition) is 4. The number of nitrogens with two attached hydrogens (primary N) is 1. The van der Waals surface area contributed by atoms with Crippen LogP contribution in [0.5, 0.6) is 5.75 Å². The lowest BCUT2D eigenvalue weighted by molar-refractivity contribution is 0.0989. The smallest absolute Gasteiger partial charge is 0.170 e. The molecule has 0 heterocycles. The van der Waals surface area contributed by atoms with Gasteiger partial charge in [-0.1, -0.05) is 40.2 Å². The lowest BCUT2D eigenvalue weighted by Gasteiger charge is -2.16. The molecule has 0 spiro atoms. The minimum absolute atomic E-state index is 0.0137. The first-order chi connectivity index (χ1) is 11.4. The molecular formula is C19H19BrN2O2. The Kier molecular flexibility index (Phi) is 5.76. The van der Waals surface area contributed by atoms with Gasteiger partial charge in [-0.05, 0) is 43.2 Å². The monoisotopic (exact) mass is 386 g/mol. The maximum atomic E-state index is 12.6. The van der Waals surface area contributed by atoms with Gasteiger partial charge in [0, 0.05) is 10.9 Å². The summed E-state index contributed by atoms with van der Waals surface area (Å²) in [7, 11) is 0. The number of nitriles is 1. The molecule has 2 aromatic rings. The number of halogens is 1. The van der Waals surface area contributed by atoms with E-state index in [1.807, 2.05) is 38.1 Å².